The van der Waals surface area contributed by atoms with Gasteiger partial charge in [-0.25, -0.2) is 4.68 Å². The van der Waals surface area contributed by atoms with E-state index in [0.29, 0.717) is 21.7 Å². The number of hydrogen-bond donors (Lipinski definition) is 2. The molecule has 160 valence electrons. The van der Waals surface area contributed by atoms with E-state index < -0.39 is 5.25 Å². The molecule has 1 aliphatic heterocycles. The van der Waals surface area contributed by atoms with Crippen molar-refractivity contribution in [1.29, 1.82) is 0 Å². The fraction of sp³-hybridized carbons (Fsp3) is 0.125. The number of aryl methyl sites for hydroxylation is 1. The van der Waals surface area contributed by atoms with Crippen LogP contribution in [0, 0.1) is 6.92 Å². The zero-order valence-corrected chi connectivity index (χ0v) is 18.8. The average molecular weight is 462 g/mol. The number of aromatic nitrogens is 3. The first-order valence-electron chi connectivity index (χ1n) is 10.2. The zero-order valence-electron chi connectivity index (χ0n) is 17.2. The fourth-order valence-electron chi connectivity index (χ4n) is 3.60. The highest BCUT2D eigenvalue weighted by Gasteiger charge is 2.38. The molecule has 1 aromatic heterocycles. The molecule has 0 radical (unpaired) electrons. The van der Waals surface area contributed by atoms with Crippen LogP contribution in [0.15, 0.2) is 84.0 Å². The first-order chi connectivity index (χ1) is 15.6. The van der Waals surface area contributed by atoms with Crippen molar-refractivity contribution in [1.82, 2.24) is 14.9 Å². The maximum absolute atomic E-state index is 13.3. The van der Waals surface area contributed by atoms with Crippen molar-refractivity contribution >= 4 is 35.0 Å². The standard InChI is InChI=1S/C24H20ClN5OS/c1-15-7-9-16(10-8-15)20-21(23(31)26-19-13-11-18(25)12-14-19)32-24-28-27-22(30(24)29-20)17-5-3-2-4-6-17/h2-14,20-21,29H,1H3,(H,26,31)/t20-,21+/m0/s1. The number of carbonyl (C=O) groups excluding carboxylic acids is 1. The second-order valence-electron chi connectivity index (χ2n) is 7.56. The predicted molar refractivity (Wildman–Crippen MR) is 128 cm³/mol. The summed E-state index contributed by atoms with van der Waals surface area (Å²) in [6.07, 6.45) is 0. The molecule has 0 saturated heterocycles. The molecule has 3 aromatic carbocycles. The van der Waals surface area contributed by atoms with Crippen molar-refractivity contribution in [3.63, 3.8) is 0 Å². The third-order valence-electron chi connectivity index (χ3n) is 5.28. The lowest BCUT2D eigenvalue weighted by atomic mass is 10.0. The highest BCUT2D eigenvalue weighted by atomic mass is 35.5. The lowest BCUT2D eigenvalue weighted by Gasteiger charge is -2.33. The molecule has 32 heavy (non-hydrogen) atoms. The Hall–Kier alpha value is -3.29. The molecule has 0 unspecified atom stereocenters. The van der Waals surface area contributed by atoms with Crippen LogP contribution in [0.2, 0.25) is 5.02 Å². The Morgan fingerprint density at radius 1 is 1.00 bits per heavy atom. The van der Waals surface area contributed by atoms with Gasteiger partial charge in [-0.05, 0) is 36.8 Å². The predicted octanol–water partition coefficient (Wildman–Crippen LogP) is 5.30. The van der Waals surface area contributed by atoms with Gasteiger partial charge in [-0.3, -0.25) is 4.79 Å². The summed E-state index contributed by atoms with van der Waals surface area (Å²) >= 11 is 7.38. The van der Waals surface area contributed by atoms with E-state index >= 15 is 0 Å². The Morgan fingerprint density at radius 2 is 1.72 bits per heavy atom. The van der Waals surface area contributed by atoms with Crippen molar-refractivity contribution in [3.05, 3.63) is 95.0 Å². The minimum Gasteiger partial charge on any atom is -0.325 e. The molecule has 5 rings (SSSR count). The van der Waals surface area contributed by atoms with Gasteiger partial charge in [-0.15, -0.1) is 10.2 Å². The summed E-state index contributed by atoms with van der Waals surface area (Å²) in [4.78, 5) is 13.3. The number of rotatable bonds is 4. The van der Waals surface area contributed by atoms with Crippen molar-refractivity contribution in [2.24, 2.45) is 0 Å². The van der Waals surface area contributed by atoms with Gasteiger partial charge in [0.1, 0.15) is 5.25 Å². The molecule has 0 aliphatic carbocycles. The third-order valence-corrected chi connectivity index (χ3v) is 6.74. The van der Waals surface area contributed by atoms with Gasteiger partial charge in [0.05, 0.1) is 6.04 Å². The highest BCUT2D eigenvalue weighted by molar-refractivity contribution is 8.00. The Bertz CT molecular complexity index is 1240. The van der Waals surface area contributed by atoms with Crippen molar-refractivity contribution in [3.8, 4) is 11.4 Å². The van der Waals surface area contributed by atoms with E-state index in [0.717, 1.165) is 16.7 Å². The molecule has 1 amide bonds. The smallest absolute Gasteiger partial charge is 0.240 e. The van der Waals surface area contributed by atoms with Gasteiger partial charge in [0.2, 0.25) is 11.1 Å². The Morgan fingerprint density at radius 3 is 2.44 bits per heavy atom. The second-order valence-corrected chi connectivity index (χ2v) is 9.10. The maximum atomic E-state index is 13.3. The molecule has 2 N–H and O–H groups in total. The molecular formula is C24H20ClN5OS. The largest absolute Gasteiger partial charge is 0.325 e. The quantitative estimate of drug-likeness (QED) is 0.431. The number of hydrogen-bond acceptors (Lipinski definition) is 5. The molecule has 2 heterocycles. The van der Waals surface area contributed by atoms with E-state index in [9.17, 15) is 4.79 Å². The lowest BCUT2D eigenvalue weighted by Crippen LogP contribution is -2.41. The Labute approximate surface area is 195 Å². The van der Waals surface area contributed by atoms with Crippen LogP contribution < -0.4 is 10.7 Å². The first-order valence-corrected chi connectivity index (χ1v) is 11.4. The van der Waals surface area contributed by atoms with E-state index in [-0.39, 0.29) is 11.9 Å². The van der Waals surface area contributed by atoms with Gasteiger partial charge in [-0.1, -0.05) is 83.5 Å². The third kappa shape index (κ3) is 4.09. The van der Waals surface area contributed by atoms with Gasteiger partial charge < -0.3 is 10.7 Å². The zero-order chi connectivity index (χ0) is 22.1. The van der Waals surface area contributed by atoms with Crippen molar-refractivity contribution in [2.45, 2.75) is 23.4 Å². The molecule has 0 bridgehead atoms. The maximum Gasteiger partial charge on any atom is 0.240 e. The topological polar surface area (TPSA) is 71.8 Å². The molecule has 2 atom stereocenters. The van der Waals surface area contributed by atoms with Gasteiger partial charge in [0, 0.05) is 16.3 Å². The first kappa shape index (κ1) is 20.6. The van der Waals surface area contributed by atoms with Gasteiger partial charge in [-0.2, -0.15) is 0 Å². The summed E-state index contributed by atoms with van der Waals surface area (Å²) < 4.78 is 1.87. The van der Waals surface area contributed by atoms with Crippen LogP contribution in [0.3, 0.4) is 0 Å². The molecular weight excluding hydrogens is 442 g/mol. The molecule has 4 aromatic rings. The molecule has 0 saturated carbocycles. The number of nitrogens with zero attached hydrogens (tertiary/aromatic N) is 3. The number of halogens is 1. The van der Waals surface area contributed by atoms with Gasteiger partial charge >= 0.3 is 0 Å². The van der Waals surface area contributed by atoms with Crippen LogP contribution in [0.5, 0.6) is 0 Å². The van der Waals surface area contributed by atoms with Crippen LogP contribution in [-0.4, -0.2) is 26.0 Å². The number of thioether (sulfide) groups is 1. The number of benzene rings is 3. The molecule has 6 nitrogen and oxygen atoms in total. The summed E-state index contributed by atoms with van der Waals surface area (Å²) in [6.45, 7) is 2.04. The van der Waals surface area contributed by atoms with E-state index in [4.69, 9.17) is 11.6 Å². The van der Waals surface area contributed by atoms with Gasteiger partial charge in [0.25, 0.3) is 0 Å². The number of anilines is 1. The Kier molecular flexibility index (Phi) is 5.59. The number of fused-ring (bicyclic) bond motifs is 1. The summed E-state index contributed by atoms with van der Waals surface area (Å²) in [7, 11) is 0. The summed E-state index contributed by atoms with van der Waals surface area (Å²) in [5, 5.41) is 12.5. The summed E-state index contributed by atoms with van der Waals surface area (Å²) in [6, 6.07) is 24.9. The number of carbonyl (C=O) groups is 1. The molecule has 0 fully saturated rings. The normalized spacial score (nSPS) is 17.3. The van der Waals surface area contributed by atoms with E-state index in [2.05, 4.69) is 33.1 Å². The number of nitrogens with one attached hydrogen (secondary N) is 2. The second kappa shape index (κ2) is 8.68. The lowest BCUT2D eigenvalue weighted by molar-refractivity contribution is -0.116. The summed E-state index contributed by atoms with van der Waals surface area (Å²) in [5.74, 6) is 0.590. The van der Waals surface area contributed by atoms with E-state index in [1.54, 1.807) is 24.3 Å². The van der Waals surface area contributed by atoms with Gasteiger partial charge in [0.15, 0.2) is 5.82 Å². The van der Waals surface area contributed by atoms with Crippen molar-refractivity contribution < 1.29 is 4.79 Å². The minimum atomic E-state index is -0.450. The fourth-order valence-corrected chi connectivity index (χ4v) is 4.81. The molecule has 0 spiro atoms. The molecule has 1 aliphatic rings. The minimum absolute atomic E-state index is 0.120. The SMILES string of the molecule is Cc1ccc([C@@H]2Nn3c(nnc3-c3ccccc3)S[C@H]2C(=O)Nc2ccc(Cl)cc2)cc1. The van der Waals surface area contributed by atoms with E-state index in [1.165, 1.54) is 11.8 Å². The van der Waals surface area contributed by atoms with E-state index in [1.807, 2.05) is 54.1 Å². The van der Waals surface area contributed by atoms with Crippen LogP contribution in [0.1, 0.15) is 17.2 Å². The van der Waals surface area contributed by atoms with Crippen LogP contribution >= 0.6 is 23.4 Å². The highest BCUT2D eigenvalue weighted by Crippen LogP contribution is 2.39. The van der Waals surface area contributed by atoms with Crippen LogP contribution in [-0.2, 0) is 4.79 Å². The monoisotopic (exact) mass is 461 g/mol. The van der Waals surface area contributed by atoms with Crippen LogP contribution in [0.25, 0.3) is 11.4 Å². The average Bonchev–Trinajstić information content (AvgIpc) is 3.24. The van der Waals surface area contributed by atoms with Crippen LogP contribution in [0.4, 0.5) is 5.69 Å². The number of amides is 1. The molecule has 8 heteroatoms. The Balaban J connectivity index is 1.50. The summed E-state index contributed by atoms with van der Waals surface area (Å²) in [5.41, 5.74) is 7.31. The van der Waals surface area contributed by atoms with Crippen molar-refractivity contribution in [2.75, 3.05) is 10.7 Å².